The third kappa shape index (κ3) is 4.89. The maximum Gasteiger partial charge on any atom is 0.123 e. The van der Waals surface area contributed by atoms with Gasteiger partial charge in [0, 0.05) is 25.2 Å². The van der Waals surface area contributed by atoms with E-state index < -0.39 is 0 Å². The Morgan fingerprint density at radius 3 is 1.38 bits per heavy atom. The Kier molecular flexibility index (Phi) is 6.38. The zero-order valence-electron chi connectivity index (χ0n) is 15.7. The highest BCUT2D eigenvalue weighted by molar-refractivity contribution is 5.17. The minimum atomic E-state index is -0.189. The third-order valence-electron chi connectivity index (χ3n) is 5.52. The molecule has 4 heteroatoms. The number of likely N-dealkylation sites (N-methyl/N-ethyl adjacent to an activating group) is 2. The molecule has 0 unspecified atom stereocenters. The molecule has 1 saturated carbocycles. The molecule has 3 rings (SSSR count). The maximum atomic E-state index is 13.1. The molecule has 1 fully saturated rings. The first kappa shape index (κ1) is 19.0. The van der Waals surface area contributed by atoms with Gasteiger partial charge in [0.2, 0.25) is 0 Å². The van der Waals surface area contributed by atoms with Crippen molar-refractivity contribution in [3.63, 3.8) is 0 Å². The van der Waals surface area contributed by atoms with Crippen LogP contribution in [0.25, 0.3) is 0 Å². The average Bonchev–Trinajstić information content (AvgIpc) is 2.65. The number of hydrogen-bond acceptors (Lipinski definition) is 2. The first-order valence-corrected chi connectivity index (χ1v) is 9.42. The summed E-state index contributed by atoms with van der Waals surface area (Å²) in [5.41, 5.74) is 2.28. The van der Waals surface area contributed by atoms with Crippen LogP contribution in [0.4, 0.5) is 8.78 Å². The van der Waals surface area contributed by atoms with Crippen LogP contribution in [0, 0.1) is 11.6 Å². The van der Waals surface area contributed by atoms with E-state index in [-0.39, 0.29) is 11.6 Å². The Balaban J connectivity index is 1.65. The third-order valence-corrected chi connectivity index (χ3v) is 5.52. The van der Waals surface area contributed by atoms with E-state index in [1.54, 1.807) is 0 Å². The second-order valence-electron chi connectivity index (χ2n) is 7.50. The van der Waals surface area contributed by atoms with Gasteiger partial charge in [-0.3, -0.25) is 9.80 Å². The Bertz CT molecular complexity index is 623. The van der Waals surface area contributed by atoms with E-state index in [1.807, 2.05) is 24.3 Å². The monoisotopic (exact) mass is 358 g/mol. The molecule has 0 aromatic heterocycles. The van der Waals surface area contributed by atoms with Crippen LogP contribution in [0.5, 0.6) is 0 Å². The molecule has 0 radical (unpaired) electrons. The van der Waals surface area contributed by atoms with Gasteiger partial charge in [-0.25, -0.2) is 8.78 Å². The summed E-state index contributed by atoms with van der Waals surface area (Å²) in [5.74, 6) is -0.378. The molecule has 1 aliphatic rings. The molecule has 26 heavy (non-hydrogen) atoms. The molecule has 0 heterocycles. The van der Waals surface area contributed by atoms with Gasteiger partial charge in [-0.15, -0.1) is 0 Å². The number of halogens is 2. The lowest BCUT2D eigenvalue weighted by Gasteiger charge is -2.42. The van der Waals surface area contributed by atoms with Gasteiger partial charge < -0.3 is 0 Å². The van der Waals surface area contributed by atoms with E-state index >= 15 is 0 Å². The van der Waals surface area contributed by atoms with Crippen molar-refractivity contribution >= 4 is 0 Å². The fraction of sp³-hybridized carbons (Fsp3) is 0.455. The van der Waals surface area contributed by atoms with Gasteiger partial charge in [-0.2, -0.15) is 0 Å². The number of nitrogens with zero attached hydrogens (tertiary/aromatic N) is 2. The maximum absolute atomic E-state index is 13.1. The highest BCUT2D eigenvalue weighted by Crippen LogP contribution is 2.28. The van der Waals surface area contributed by atoms with Crippen LogP contribution in [0.2, 0.25) is 0 Å². The van der Waals surface area contributed by atoms with Gasteiger partial charge in [-0.05, 0) is 62.3 Å². The summed E-state index contributed by atoms with van der Waals surface area (Å²) in [4.78, 5) is 4.80. The number of hydrogen-bond donors (Lipinski definition) is 0. The minimum Gasteiger partial charge on any atom is -0.298 e. The van der Waals surface area contributed by atoms with Crippen LogP contribution in [0.15, 0.2) is 48.5 Å². The van der Waals surface area contributed by atoms with Crippen molar-refractivity contribution in [1.29, 1.82) is 0 Å². The summed E-state index contributed by atoms with van der Waals surface area (Å²) in [7, 11) is 4.33. The van der Waals surface area contributed by atoms with Crippen molar-refractivity contribution in [3.05, 3.63) is 71.3 Å². The van der Waals surface area contributed by atoms with Crippen LogP contribution in [0.3, 0.4) is 0 Å². The smallest absolute Gasteiger partial charge is 0.123 e. The molecular formula is C22H28F2N2. The molecule has 0 bridgehead atoms. The summed E-state index contributed by atoms with van der Waals surface area (Å²) >= 11 is 0. The molecule has 0 aliphatic heterocycles. The lowest BCUT2D eigenvalue weighted by atomic mass is 9.88. The molecule has 0 amide bonds. The van der Waals surface area contributed by atoms with Crippen molar-refractivity contribution < 1.29 is 8.78 Å². The second-order valence-corrected chi connectivity index (χ2v) is 7.50. The Morgan fingerprint density at radius 2 is 1.04 bits per heavy atom. The standard InChI is InChI=1S/C22H28F2N2/c1-25(15-17-7-11-19(23)12-8-17)21-5-3-4-6-22(21)26(2)16-18-9-13-20(24)14-10-18/h7-14,21-22H,3-6,15-16H2,1-2H3/t21-,22-/m1/s1. The average molecular weight is 358 g/mol. The lowest BCUT2D eigenvalue weighted by Crippen LogP contribution is -2.50. The van der Waals surface area contributed by atoms with Gasteiger partial charge in [0.15, 0.2) is 0 Å². The molecule has 0 saturated heterocycles. The molecule has 0 N–H and O–H groups in total. The van der Waals surface area contributed by atoms with E-state index in [9.17, 15) is 8.78 Å². The van der Waals surface area contributed by atoms with Gasteiger partial charge in [-0.1, -0.05) is 37.1 Å². The SMILES string of the molecule is CN(Cc1ccc(F)cc1)[C@@H]1CCCC[C@H]1N(C)Cc1ccc(F)cc1. The van der Waals surface area contributed by atoms with Gasteiger partial charge in [0.1, 0.15) is 11.6 Å². The van der Waals surface area contributed by atoms with Crippen LogP contribution in [0.1, 0.15) is 36.8 Å². The molecule has 2 aromatic rings. The van der Waals surface area contributed by atoms with Crippen molar-refractivity contribution in [2.75, 3.05) is 14.1 Å². The first-order valence-electron chi connectivity index (χ1n) is 9.42. The summed E-state index contributed by atoms with van der Waals surface area (Å²) < 4.78 is 26.3. The van der Waals surface area contributed by atoms with E-state index in [1.165, 1.54) is 49.9 Å². The molecule has 140 valence electrons. The molecule has 2 aromatic carbocycles. The van der Waals surface area contributed by atoms with Gasteiger partial charge >= 0.3 is 0 Å². The summed E-state index contributed by atoms with van der Waals surface area (Å²) in [6, 6.07) is 14.5. The molecular weight excluding hydrogens is 330 g/mol. The predicted octanol–water partition coefficient (Wildman–Crippen LogP) is 4.84. The van der Waals surface area contributed by atoms with Crippen molar-refractivity contribution in [2.24, 2.45) is 0 Å². The predicted molar refractivity (Wildman–Crippen MR) is 102 cm³/mol. The zero-order chi connectivity index (χ0) is 18.5. The Morgan fingerprint density at radius 1 is 0.692 bits per heavy atom. The zero-order valence-corrected chi connectivity index (χ0v) is 15.7. The van der Waals surface area contributed by atoms with Crippen LogP contribution >= 0.6 is 0 Å². The van der Waals surface area contributed by atoms with Crippen LogP contribution in [-0.2, 0) is 13.1 Å². The largest absolute Gasteiger partial charge is 0.298 e. The summed E-state index contributed by atoms with van der Waals surface area (Å²) in [6.07, 6.45) is 4.85. The van der Waals surface area contributed by atoms with Crippen molar-refractivity contribution in [2.45, 2.75) is 50.9 Å². The first-order chi connectivity index (χ1) is 12.5. The number of rotatable bonds is 6. The van der Waals surface area contributed by atoms with Crippen molar-refractivity contribution in [1.82, 2.24) is 9.80 Å². The molecule has 1 aliphatic carbocycles. The molecule has 0 spiro atoms. The summed E-state index contributed by atoms with van der Waals surface area (Å²) in [6.45, 7) is 1.65. The summed E-state index contributed by atoms with van der Waals surface area (Å²) in [5, 5.41) is 0. The minimum absolute atomic E-state index is 0.189. The van der Waals surface area contributed by atoms with Gasteiger partial charge in [0.25, 0.3) is 0 Å². The van der Waals surface area contributed by atoms with Gasteiger partial charge in [0.05, 0.1) is 0 Å². The highest BCUT2D eigenvalue weighted by atomic mass is 19.1. The fourth-order valence-electron chi connectivity index (χ4n) is 4.11. The van der Waals surface area contributed by atoms with E-state index in [4.69, 9.17) is 0 Å². The van der Waals surface area contributed by atoms with Crippen molar-refractivity contribution in [3.8, 4) is 0 Å². The number of benzene rings is 2. The normalized spacial score (nSPS) is 20.7. The van der Waals surface area contributed by atoms with E-state index in [0.29, 0.717) is 12.1 Å². The Labute approximate surface area is 155 Å². The fourth-order valence-corrected chi connectivity index (χ4v) is 4.11. The lowest BCUT2D eigenvalue weighted by molar-refractivity contribution is 0.0693. The quantitative estimate of drug-likeness (QED) is 0.729. The van der Waals surface area contributed by atoms with E-state index in [2.05, 4.69) is 23.9 Å². The molecule has 2 nitrogen and oxygen atoms in total. The van der Waals surface area contributed by atoms with E-state index in [0.717, 1.165) is 24.2 Å². The highest BCUT2D eigenvalue weighted by Gasteiger charge is 2.31. The topological polar surface area (TPSA) is 6.48 Å². The Hall–Kier alpha value is -1.78. The van der Waals surface area contributed by atoms with Crippen LogP contribution in [-0.4, -0.2) is 36.0 Å². The molecule has 2 atom stereocenters. The van der Waals surface area contributed by atoms with Crippen LogP contribution < -0.4 is 0 Å². The second kappa shape index (κ2) is 8.74.